The molecule has 3 rings (SSSR count). The normalized spacial score (nSPS) is 42.8. The third-order valence-electron chi connectivity index (χ3n) is 5.25. The second-order valence-electron chi connectivity index (χ2n) is 6.14. The molecule has 4 nitrogen and oxygen atoms in total. The molecule has 1 aliphatic heterocycles. The fourth-order valence-corrected chi connectivity index (χ4v) is 4.48. The van der Waals surface area contributed by atoms with Crippen molar-refractivity contribution in [3.8, 4) is 0 Å². The van der Waals surface area contributed by atoms with E-state index in [2.05, 4.69) is 10.1 Å². The van der Waals surface area contributed by atoms with Crippen LogP contribution in [0.4, 0.5) is 0 Å². The highest BCUT2D eigenvalue weighted by molar-refractivity contribution is 5.94. The molecule has 0 amide bonds. The maximum absolute atomic E-state index is 9.32. The summed E-state index contributed by atoms with van der Waals surface area (Å²) < 4.78 is 0. The Hall–Kier alpha value is -0.610. The number of piperidine rings is 1. The molecular weight excluding hydrogens is 228 g/mol. The molecule has 3 fully saturated rings. The maximum atomic E-state index is 9.32. The predicted octanol–water partition coefficient (Wildman–Crippen LogP) is 1.85. The molecule has 1 saturated heterocycles. The van der Waals surface area contributed by atoms with Gasteiger partial charge in [0.25, 0.3) is 0 Å². The molecule has 0 aromatic rings. The van der Waals surface area contributed by atoms with Crippen molar-refractivity contribution in [1.82, 2.24) is 4.90 Å². The number of aliphatic hydroxyl groups is 1. The van der Waals surface area contributed by atoms with Crippen molar-refractivity contribution in [2.45, 2.75) is 57.0 Å². The molecule has 18 heavy (non-hydrogen) atoms. The van der Waals surface area contributed by atoms with E-state index in [-0.39, 0.29) is 6.61 Å². The monoisotopic (exact) mass is 252 g/mol. The molecule has 4 atom stereocenters. The summed E-state index contributed by atoms with van der Waals surface area (Å²) in [6.07, 6.45) is 8.28. The molecule has 4 heteroatoms. The summed E-state index contributed by atoms with van der Waals surface area (Å²) in [5.74, 6) is 1.22. The van der Waals surface area contributed by atoms with Gasteiger partial charge in [-0.1, -0.05) is 11.6 Å². The van der Waals surface area contributed by atoms with Crippen LogP contribution in [0.1, 0.15) is 44.9 Å². The minimum Gasteiger partial charge on any atom is -0.411 e. The summed E-state index contributed by atoms with van der Waals surface area (Å²) in [4.78, 5) is 2.54. The van der Waals surface area contributed by atoms with Crippen molar-refractivity contribution >= 4 is 5.71 Å². The minimum absolute atomic E-state index is 0.271. The van der Waals surface area contributed by atoms with Crippen LogP contribution < -0.4 is 0 Å². The zero-order valence-corrected chi connectivity index (χ0v) is 11.0. The molecule has 2 N–H and O–H groups in total. The van der Waals surface area contributed by atoms with Gasteiger partial charge >= 0.3 is 0 Å². The Morgan fingerprint density at radius 2 is 2.11 bits per heavy atom. The van der Waals surface area contributed by atoms with Crippen LogP contribution in [-0.4, -0.2) is 46.2 Å². The van der Waals surface area contributed by atoms with E-state index in [4.69, 9.17) is 0 Å². The molecule has 0 unspecified atom stereocenters. The quantitative estimate of drug-likeness (QED) is 0.595. The van der Waals surface area contributed by atoms with Crippen molar-refractivity contribution in [2.24, 2.45) is 17.0 Å². The standard InChI is InChI=1S/C14H24N2O2/c17-8-6-12-3-1-2-7-16(12)14-11-5-4-10(9-11)13(14)15-18/h10-12,14,17-18H,1-9H2/b15-13-/t10-,11+,12+,14+/m0/s1. The minimum atomic E-state index is 0.271. The van der Waals surface area contributed by atoms with E-state index in [0.717, 1.165) is 18.7 Å². The van der Waals surface area contributed by atoms with E-state index in [1.807, 2.05) is 0 Å². The van der Waals surface area contributed by atoms with Crippen molar-refractivity contribution in [3.05, 3.63) is 0 Å². The number of oxime groups is 1. The second-order valence-corrected chi connectivity index (χ2v) is 6.14. The van der Waals surface area contributed by atoms with Gasteiger partial charge in [-0.15, -0.1) is 0 Å². The van der Waals surface area contributed by atoms with Gasteiger partial charge in [0.15, 0.2) is 0 Å². The molecule has 3 aliphatic rings. The van der Waals surface area contributed by atoms with Gasteiger partial charge in [-0.05, 0) is 51.0 Å². The highest BCUT2D eigenvalue weighted by atomic mass is 16.4. The second kappa shape index (κ2) is 5.17. The molecule has 2 bridgehead atoms. The van der Waals surface area contributed by atoms with Gasteiger partial charge in [0, 0.05) is 18.6 Å². The van der Waals surface area contributed by atoms with Crippen molar-refractivity contribution in [3.63, 3.8) is 0 Å². The first-order chi connectivity index (χ1) is 8.85. The number of rotatable bonds is 3. The van der Waals surface area contributed by atoms with Crippen LogP contribution >= 0.6 is 0 Å². The molecule has 2 saturated carbocycles. The van der Waals surface area contributed by atoms with E-state index < -0.39 is 0 Å². The lowest BCUT2D eigenvalue weighted by Gasteiger charge is -2.43. The Labute approximate surface area is 109 Å². The fraction of sp³-hybridized carbons (Fsp3) is 0.929. The number of nitrogens with zero attached hydrogens (tertiary/aromatic N) is 2. The number of hydrogen-bond acceptors (Lipinski definition) is 4. The Kier molecular flexibility index (Phi) is 3.57. The topological polar surface area (TPSA) is 56.1 Å². The lowest BCUT2D eigenvalue weighted by molar-refractivity contribution is 0.0795. The van der Waals surface area contributed by atoms with Gasteiger partial charge in [0.1, 0.15) is 0 Å². The number of hydrogen-bond donors (Lipinski definition) is 2. The van der Waals surface area contributed by atoms with Crippen LogP contribution in [0.5, 0.6) is 0 Å². The molecule has 2 aliphatic carbocycles. The Balaban J connectivity index is 1.79. The Morgan fingerprint density at radius 1 is 1.22 bits per heavy atom. The summed E-state index contributed by atoms with van der Waals surface area (Å²) in [5.41, 5.74) is 1.04. The average molecular weight is 252 g/mol. The van der Waals surface area contributed by atoms with Crippen LogP contribution in [0, 0.1) is 11.8 Å². The third kappa shape index (κ3) is 1.95. The molecule has 0 radical (unpaired) electrons. The van der Waals surface area contributed by atoms with Gasteiger partial charge in [0.2, 0.25) is 0 Å². The van der Waals surface area contributed by atoms with E-state index in [1.165, 1.54) is 38.5 Å². The van der Waals surface area contributed by atoms with E-state index in [0.29, 0.717) is 23.9 Å². The number of fused-ring (bicyclic) bond motifs is 2. The molecule has 0 aromatic heterocycles. The lowest BCUT2D eigenvalue weighted by Crippen LogP contribution is -2.52. The van der Waals surface area contributed by atoms with Crippen LogP contribution in [0.15, 0.2) is 5.16 Å². The molecule has 1 heterocycles. The summed E-state index contributed by atoms with van der Waals surface area (Å²) in [5, 5.41) is 22.2. The molecule has 102 valence electrons. The molecule has 0 aromatic carbocycles. The largest absolute Gasteiger partial charge is 0.411 e. The molecule has 0 spiro atoms. The van der Waals surface area contributed by atoms with Gasteiger partial charge < -0.3 is 10.3 Å². The first-order valence-corrected chi connectivity index (χ1v) is 7.43. The number of aliphatic hydroxyl groups excluding tert-OH is 1. The van der Waals surface area contributed by atoms with Crippen molar-refractivity contribution in [1.29, 1.82) is 0 Å². The van der Waals surface area contributed by atoms with Gasteiger partial charge in [-0.25, -0.2) is 0 Å². The third-order valence-corrected chi connectivity index (χ3v) is 5.25. The summed E-state index contributed by atoms with van der Waals surface area (Å²) in [6, 6.07) is 0.857. The van der Waals surface area contributed by atoms with E-state index >= 15 is 0 Å². The lowest BCUT2D eigenvalue weighted by atomic mass is 9.88. The Morgan fingerprint density at radius 3 is 2.89 bits per heavy atom. The van der Waals surface area contributed by atoms with Crippen LogP contribution in [0.2, 0.25) is 0 Å². The maximum Gasteiger partial charge on any atom is 0.0775 e. The van der Waals surface area contributed by atoms with Crippen LogP contribution in [-0.2, 0) is 0 Å². The van der Waals surface area contributed by atoms with Gasteiger partial charge in [0.05, 0.1) is 11.8 Å². The van der Waals surface area contributed by atoms with Crippen LogP contribution in [0.25, 0.3) is 0 Å². The van der Waals surface area contributed by atoms with E-state index in [9.17, 15) is 10.3 Å². The number of likely N-dealkylation sites (tertiary alicyclic amines) is 1. The SMILES string of the molecule is OCC[C@H]1CCCCN1[C@H]1/C(=N\O)[C@H]2CC[C@@H]1C2. The first-order valence-electron chi connectivity index (χ1n) is 7.43. The van der Waals surface area contributed by atoms with E-state index in [1.54, 1.807) is 0 Å². The summed E-state index contributed by atoms with van der Waals surface area (Å²) in [7, 11) is 0. The highest BCUT2D eigenvalue weighted by Gasteiger charge is 2.49. The summed E-state index contributed by atoms with van der Waals surface area (Å²) in [6.45, 7) is 1.38. The Bertz CT molecular complexity index is 330. The smallest absolute Gasteiger partial charge is 0.0775 e. The average Bonchev–Trinajstić information content (AvgIpc) is 2.99. The highest BCUT2D eigenvalue weighted by Crippen LogP contribution is 2.46. The predicted molar refractivity (Wildman–Crippen MR) is 69.9 cm³/mol. The van der Waals surface area contributed by atoms with Crippen LogP contribution in [0.3, 0.4) is 0 Å². The molecular formula is C14H24N2O2. The summed E-state index contributed by atoms with van der Waals surface area (Å²) >= 11 is 0. The zero-order valence-electron chi connectivity index (χ0n) is 11.0. The van der Waals surface area contributed by atoms with Crippen molar-refractivity contribution in [2.75, 3.05) is 13.2 Å². The fourth-order valence-electron chi connectivity index (χ4n) is 4.48. The van der Waals surface area contributed by atoms with Crippen molar-refractivity contribution < 1.29 is 10.3 Å². The zero-order chi connectivity index (χ0) is 12.5. The first kappa shape index (κ1) is 12.4. The van der Waals surface area contributed by atoms with Gasteiger partial charge in [-0.3, -0.25) is 4.90 Å². The van der Waals surface area contributed by atoms with Gasteiger partial charge in [-0.2, -0.15) is 0 Å².